The van der Waals surface area contributed by atoms with Crippen molar-refractivity contribution in [3.63, 3.8) is 0 Å². The monoisotopic (exact) mass is 299 g/mol. The first-order valence-corrected chi connectivity index (χ1v) is 5.41. The normalized spacial score (nSPS) is 12.5. The molecule has 0 amide bonds. The van der Waals surface area contributed by atoms with Gasteiger partial charge in [0, 0.05) is 24.1 Å². The summed E-state index contributed by atoms with van der Waals surface area (Å²) in [4.78, 5) is 0. The molecule has 0 aromatic heterocycles. The Morgan fingerprint density at radius 1 is 1.21 bits per heavy atom. The third-order valence-electron chi connectivity index (χ3n) is 2.58. The number of rotatable bonds is 5. The van der Waals surface area contributed by atoms with Gasteiger partial charge in [-0.05, 0) is 12.5 Å². The Morgan fingerprint density at radius 2 is 1.84 bits per heavy atom. The largest absolute Gasteiger partial charge is 0.497 e. The summed E-state index contributed by atoms with van der Waals surface area (Å²) in [6.07, 6.45) is -5.28. The number of ether oxygens (including phenoxy) is 2. The number of nitrogens with two attached hydrogens (primary N) is 1. The summed E-state index contributed by atoms with van der Waals surface area (Å²) in [5.74, 6) is 1.00. The molecule has 0 aliphatic carbocycles. The van der Waals surface area contributed by atoms with Gasteiger partial charge in [-0.1, -0.05) is 6.07 Å². The summed E-state index contributed by atoms with van der Waals surface area (Å²) in [6, 6.07) is 4.15. The molecule has 0 unspecified atom stereocenters. The van der Waals surface area contributed by atoms with E-state index < -0.39 is 18.6 Å². The van der Waals surface area contributed by atoms with Gasteiger partial charge in [0.1, 0.15) is 11.5 Å². The molecule has 1 aromatic carbocycles. The molecule has 1 aromatic rings. The zero-order valence-corrected chi connectivity index (χ0v) is 11.5. The summed E-state index contributed by atoms with van der Waals surface area (Å²) in [5, 5.41) is 0. The van der Waals surface area contributed by atoms with Crippen LogP contribution in [0.2, 0.25) is 0 Å². The number of benzene rings is 1. The second-order valence-electron chi connectivity index (χ2n) is 3.87. The van der Waals surface area contributed by atoms with Crippen molar-refractivity contribution in [2.24, 2.45) is 5.73 Å². The number of hydrogen-bond acceptors (Lipinski definition) is 3. The highest BCUT2D eigenvalue weighted by atomic mass is 35.5. The molecule has 1 atom stereocenters. The van der Waals surface area contributed by atoms with Gasteiger partial charge in [0.2, 0.25) is 0 Å². The average Bonchev–Trinajstić information content (AvgIpc) is 2.34. The van der Waals surface area contributed by atoms with Crippen LogP contribution in [0.3, 0.4) is 0 Å². The Labute approximate surface area is 116 Å². The average molecular weight is 300 g/mol. The van der Waals surface area contributed by atoms with Gasteiger partial charge in [0.25, 0.3) is 0 Å². The van der Waals surface area contributed by atoms with E-state index in [4.69, 9.17) is 15.2 Å². The zero-order chi connectivity index (χ0) is 13.8. The van der Waals surface area contributed by atoms with Crippen molar-refractivity contribution in [3.05, 3.63) is 23.8 Å². The lowest BCUT2D eigenvalue weighted by Crippen LogP contribution is -2.16. The standard InChI is InChI=1S/C12H16F3NO2.ClH/c1-17-8-3-4-9(11(7-8)18-2)10(16)5-6-12(13,14)15;/h3-4,7,10H,5-6,16H2,1-2H3;1H/t10-;/m0./s1. The maximum absolute atomic E-state index is 12.1. The molecule has 0 saturated carbocycles. The van der Waals surface area contributed by atoms with Crippen molar-refractivity contribution in [2.45, 2.75) is 25.1 Å². The lowest BCUT2D eigenvalue weighted by atomic mass is 10.0. The van der Waals surface area contributed by atoms with E-state index in [9.17, 15) is 13.2 Å². The van der Waals surface area contributed by atoms with E-state index in [0.29, 0.717) is 17.1 Å². The maximum Gasteiger partial charge on any atom is 0.389 e. The third-order valence-corrected chi connectivity index (χ3v) is 2.58. The zero-order valence-electron chi connectivity index (χ0n) is 10.7. The molecule has 110 valence electrons. The van der Waals surface area contributed by atoms with Gasteiger partial charge in [-0.25, -0.2) is 0 Å². The predicted molar refractivity (Wildman–Crippen MR) is 69.0 cm³/mol. The van der Waals surface area contributed by atoms with Crippen molar-refractivity contribution < 1.29 is 22.6 Å². The van der Waals surface area contributed by atoms with E-state index in [1.807, 2.05) is 0 Å². The van der Waals surface area contributed by atoms with Crippen LogP contribution in [0.4, 0.5) is 13.2 Å². The van der Waals surface area contributed by atoms with E-state index >= 15 is 0 Å². The van der Waals surface area contributed by atoms with Crippen LogP contribution in [-0.2, 0) is 0 Å². The Morgan fingerprint density at radius 3 is 2.32 bits per heavy atom. The van der Waals surface area contributed by atoms with Crippen molar-refractivity contribution in [1.29, 1.82) is 0 Å². The van der Waals surface area contributed by atoms with Crippen molar-refractivity contribution in [1.82, 2.24) is 0 Å². The van der Waals surface area contributed by atoms with Crippen molar-refractivity contribution in [3.8, 4) is 11.5 Å². The lowest BCUT2D eigenvalue weighted by molar-refractivity contribution is -0.136. The van der Waals surface area contributed by atoms with Crippen LogP contribution in [0.1, 0.15) is 24.4 Å². The highest BCUT2D eigenvalue weighted by Crippen LogP contribution is 2.32. The Hall–Kier alpha value is -1.14. The molecular weight excluding hydrogens is 283 g/mol. The molecule has 0 spiro atoms. The summed E-state index contributed by atoms with van der Waals surface area (Å²) in [5.41, 5.74) is 6.29. The molecule has 0 aliphatic heterocycles. The molecule has 19 heavy (non-hydrogen) atoms. The Balaban J connectivity index is 0.00000324. The van der Waals surface area contributed by atoms with E-state index in [-0.39, 0.29) is 18.8 Å². The first-order valence-electron chi connectivity index (χ1n) is 5.41. The molecule has 0 saturated heterocycles. The van der Waals surface area contributed by atoms with Gasteiger partial charge in [-0.3, -0.25) is 0 Å². The molecule has 7 heteroatoms. The summed E-state index contributed by atoms with van der Waals surface area (Å²) in [6.45, 7) is 0. The highest BCUT2D eigenvalue weighted by Gasteiger charge is 2.28. The molecule has 3 nitrogen and oxygen atoms in total. The molecule has 0 heterocycles. The van der Waals surface area contributed by atoms with E-state index in [1.54, 1.807) is 18.2 Å². The SMILES string of the molecule is COc1ccc([C@@H](N)CCC(F)(F)F)c(OC)c1.Cl. The van der Waals surface area contributed by atoms with Crippen LogP contribution < -0.4 is 15.2 Å². The molecule has 0 aliphatic rings. The van der Waals surface area contributed by atoms with Gasteiger partial charge in [0.15, 0.2) is 0 Å². The lowest BCUT2D eigenvalue weighted by Gasteiger charge is -2.17. The quantitative estimate of drug-likeness (QED) is 0.905. The fraction of sp³-hybridized carbons (Fsp3) is 0.500. The van der Waals surface area contributed by atoms with Crippen LogP contribution in [0.5, 0.6) is 11.5 Å². The Bertz CT molecular complexity index is 399. The smallest absolute Gasteiger partial charge is 0.389 e. The molecular formula is C12H17ClF3NO2. The van der Waals surface area contributed by atoms with Crippen molar-refractivity contribution >= 4 is 12.4 Å². The number of halogens is 4. The van der Waals surface area contributed by atoms with Gasteiger partial charge in [-0.15, -0.1) is 12.4 Å². The summed E-state index contributed by atoms with van der Waals surface area (Å²) in [7, 11) is 2.94. The van der Waals surface area contributed by atoms with Crippen LogP contribution in [0.25, 0.3) is 0 Å². The number of hydrogen-bond donors (Lipinski definition) is 1. The molecule has 1 rings (SSSR count). The van der Waals surface area contributed by atoms with Crippen LogP contribution in [-0.4, -0.2) is 20.4 Å². The minimum absolute atomic E-state index is 0. The second-order valence-corrected chi connectivity index (χ2v) is 3.87. The number of methoxy groups -OCH3 is 2. The van der Waals surface area contributed by atoms with Gasteiger partial charge in [0.05, 0.1) is 14.2 Å². The van der Waals surface area contributed by atoms with Gasteiger partial charge < -0.3 is 15.2 Å². The van der Waals surface area contributed by atoms with E-state index in [0.717, 1.165) is 0 Å². The second kappa shape index (κ2) is 7.45. The number of alkyl halides is 3. The molecule has 0 bridgehead atoms. The van der Waals surface area contributed by atoms with Crippen LogP contribution >= 0.6 is 12.4 Å². The van der Waals surface area contributed by atoms with Crippen LogP contribution in [0.15, 0.2) is 18.2 Å². The Kier molecular flexibility index (Phi) is 7.00. The van der Waals surface area contributed by atoms with Crippen LogP contribution in [0, 0.1) is 0 Å². The maximum atomic E-state index is 12.1. The minimum Gasteiger partial charge on any atom is -0.497 e. The van der Waals surface area contributed by atoms with E-state index in [2.05, 4.69) is 0 Å². The topological polar surface area (TPSA) is 44.5 Å². The van der Waals surface area contributed by atoms with Crippen molar-refractivity contribution in [2.75, 3.05) is 14.2 Å². The first kappa shape index (κ1) is 17.9. The summed E-state index contributed by atoms with van der Waals surface area (Å²) >= 11 is 0. The molecule has 2 N–H and O–H groups in total. The highest BCUT2D eigenvalue weighted by molar-refractivity contribution is 5.85. The minimum atomic E-state index is -4.20. The first-order chi connectivity index (χ1) is 8.37. The molecule has 0 fully saturated rings. The molecule has 0 radical (unpaired) electrons. The fourth-order valence-electron chi connectivity index (χ4n) is 1.60. The van der Waals surface area contributed by atoms with Gasteiger partial charge >= 0.3 is 6.18 Å². The van der Waals surface area contributed by atoms with E-state index in [1.165, 1.54) is 14.2 Å². The third kappa shape index (κ3) is 5.57. The summed E-state index contributed by atoms with van der Waals surface area (Å²) < 4.78 is 46.5. The van der Waals surface area contributed by atoms with Gasteiger partial charge in [-0.2, -0.15) is 13.2 Å². The predicted octanol–water partition coefficient (Wildman–Crippen LogP) is 3.47. The fourth-order valence-corrected chi connectivity index (χ4v) is 1.60.